The Morgan fingerprint density at radius 1 is 1.06 bits per heavy atom. The maximum Gasteiger partial charge on any atom is 0.237 e. The van der Waals surface area contributed by atoms with Gasteiger partial charge in [-0.15, -0.1) is 0 Å². The molecule has 0 aliphatic carbocycles. The van der Waals surface area contributed by atoms with Gasteiger partial charge in [0, 0.05) is 32.2 Å². The third kappa shape index (κ3) is 5.92. The molecule has 2 aromatic carbocycles. The number of benzene rings is 2. The van der Waals surface area contributed by atoms with Crippen molar-refractivity contribution in [2.75, 3.05) is 26.7 Å². The molecule has 2 aliphatic rings. The summed E-state index contributed by atoms with van der Waals surface area (Å²) in [6.45, 7) is 2.28. The van der Waals surface area contributed by atoms with Crippen LogP contribution in [0.1, 0.15) is 30.4 Å². The Morgan fingerprint density at radius 3 is 2.52 bits per heavy atom. The molecule has 2 unspecified atom stereocenters. The van der Waals surface area contributed by atoms with Crippen LogP contribution in [0, 0.1) is 0 Å². The molecule has 2 heterocycles. The third-order valence-corrected chi connectivity index (χ3v) is 6.71. The normalized spacial score (nSPS) is 21.7. The van der Waals surface area contributed by atoms with Crippen LogP contribution in [-0.2, 0) is 22.6 Å². The molecule has 2 aromatic rings. The minimum absolute atomic E-state index is 0.0584. The molecule has 2 aliphatic heterocycles. The number of carbonyl (C=O) groups is 2. The van der Waals surface area contributed by atoms with Crippen LogP contribution >= 0.6 is 0 Å². The van der Waals surface area contributed by atoms with Gasteiger partial charge in [0.15, 0.2) is 0 Å². The molecule has 0 bridgehead atoms. The Morgan fingerprint density at radius 2 is 1.79 bits per heavy atom. The van der Waals surface area contributed by atoms with Crippen molar-refractivity contribution in [3.63, 3.8) is 0 Å². The summed E-state index contributed by atoms with van der Waals surface area (Å²) in [7, 11) is 1.62. The predicted molar refractivity (Wildman–Crippen MR) is 126 cm³/mol. The number of carbonyl (C=O) groups excluding carboxylic acids is 2. The smallest absolute Gasteiger partial charge is 0.237 e. The molecule has 176 valence electrons. The highest BCUT2D eigenvalue weighted by Gasteiger charge is 2.40. The molecule has 0 aromatic heterocycles. The van der Waals surface area contributed by atoms with Crippen molar-refractivity contribution >= 4 is 11.8 Å². The number of methoxy groups -OCH3 is 1. The number of hydrogen-bond acceptors (Lipinski definition) is 5. The quantitative estimate of drug-likeness (QED) is 0.673. The number of amides is 2. The van der Waals surface area contributed by atoms with Crippen LogP contribution < -0.4 is 10.1 Å². The van der Waals surface area contributed by atoms with Crippen molar-refractivity contribution < 1.29 is 19.4 Å². The number of likely N-dealkylation sites (tertiary alicyclic amines) is 2. The summed E-state index contributed by atoms with van der Waals surface area (Å²) in [5.74, 6) is 0.846. The molecule has 2 fully saturated rings. The Kier molecular flexibility index (Phi) is 7.62. The van der Waals surface area contributed by atoms with Gasteiger partial charge in [-0.3, -0.25) is 14.5 Å². The Labute approximate surface area is 195 Å². The van der Waals surface area contributed by atoms with Gasteiger partial charge < -0.3 is 20.1 Å². The lowest BCUT2D eigenvalue weighted by molar-refractivity contribution is -0.133. The molecule has 0 radical (unpaired) electrons. The van der Waals surface area contributed by atoms with Crippen LogP contribution in [0.5, 0.6) is 5.75 Å². The van der Waals surface area contributed by atoms with E-state index in [-0.39, 0.29) is 23.9 Å². The Balaban J connectivity index is 1.30. The Bertz CT molecular complexity index is 944. The SMILES string of the molecule is COc1cccc(CNC(=O)C2CC(O)CN2C2CCN(C(=O)Cc3ccccc3)CC2)c1. The van der Waals surface area contributed by atoms with Gasteiger partial charge >= 0.3 is 0 Å². The van der Waals surface area contributed by atoms with Crippen molar-refractivity contribution in [3.8, 4) is 5.75 Å². The highest BCUT2D eigenvalue weighted by atomic mass is 16.5. The van der Waals surface area contributed by atoms with E-state index in [1.807, 2.05) is 59.5 Å². The summed E-state index contributed by atoms with van der Waals surface area (Å²) in [5, 5.41) is 13.3. The number of β-amino-alcohol motifs (C(OH)–C–C–N with tert-alkyl or cyclic N) is 1. The maximum absolute atomic E-state index is 13.0. The van der Waals surface area contributed by atoms with Crippen molar-refractivity contribution in [1.82, 2.24) is 15.1 Å². The zero-order valence-electron chi connectivity index (χ0n) is 19.2. The van der Waals surface area contributed by atoms with Crippen LogP contribution in [0.3, 0.4) is 0 Å². The number of ether oxygens (including phenoxy) is 1. The van der Waals surface area contributed by atoms with Gasteiger partial charge in [-0.05, 0) is 42.5 Å². The lowest BCUT2D eigenvalue weighted by atomic mass is 10.0. The molecule has 2 saturated heterocycles. The fourth-order valence-electron chi connectivity index (χ4n) is 4.92. The monoisotopic (exact) mass is 451 g/mol. The Hall–Kier alpha value is -2.90. The maximum atomic E-state index is 13.0. The van der Waals surface area contributed by atoms with E-state index in [4.69, 9.17) is 4.74 Å². The summed E-state index contributed by atoms with van der Waals surface area (Å²) in [4.78, 5) is 29.7. The fraction of sp³-hybridized carbons (Fsp3) is 0.462. The van der Waals surface area contributed by atoms with Crippen molar-refractivity contribution in [1.29, 1.82) is 0 Å². The molecule has 4 rings (SSSR count). The van der Waals surface area contributed by atoms with Crippen LogP contribution in [0.25, 0.3) is 0 Å². The highest BCUT2D eigenvalue weighted by molar-refractivity contribution is 5.82. The molecule has 0 spiro atoms. The first-order valence-electron chi connectivity index (χ1n) is 11.7. The van der Waals surface area contributed by atoms with E-state index < -0.39 is 6.10 Å². The summed E-state index contributed by atoms with van der Waals surface area (Å²) < 4.78 is 5.25. The number of aliphatic hydroxyl groups is 1. The lowest BCUT2D eigenvalue weighted by Crippen LogP contribution is -2.52. The number of rotatable bonds is 7. The molecule has 7 nitrogen and oxygen atoms in total. The number of piperidine rings is 1. The molecular weight excluding hydrogens is 418 g/mol. The van der Waals surface area contributed by atoms with Gasteiger partial charge in [0.05, 0.1) is 25.7 Å². The van der Waals surface area contributed by atoms with Crippen LogP contribution in [0.4, 0.5) is 0 Å². The average molecular weight is 452 g/mol. The summed E-state index contributed by atoms with van der Waals surface area (Å²) in [6.07, 6.45) is 1.98. The highest BCUT2D eigenvalue weighted by Crippen LogP contribution is 2.27. The van der Waals surface area contributed by atoms with Gasteiger partial charge in [-0.2, -0.15) is 0 Å². The first kappa shape index (κ1) is 23.3. The number of nitrogens with zero attached hydrogens (tertiary/aromatic N) is 2. The molecule has 2 amide bonds. The van der Waals surface area contributed by atoms with Crippen LogP contribution in [0.2, 0.25) is 0 Å². The standard InChI is InChI=1S/C26H33N3O4/c1-33-23-9-5-8-20(14-23)17-27-26(32)24-16-22(30)18-29(24)21-10-12-28(13-11-21)25(31)15-19-6-3-2-4-7-19/h2-9,14,21-22,24,30H,10-13,15-18H2,1H3,(H,27,32). The molecule has 0 saturated carbocycles. The van der Waals surface area contributed by atoms with Crippen molar-refractivity contribution in [2.24, 2.45) is 0 Å². The minimum Gasteiger partial charge on any atom is -0.497 e. The average Bonchev–Trinajstić information content (AvgIpc) is 3.25. The second-order valence-corrected chi connectivity index (χ2v) is 8.95. The van der Waals surface area contributed by atoms with Crippen LogP contribution in [0.15, 0.2) is 54.6 Å². The van der Waals surface area contributed by atoms with E-state index in [1.165, 1.54) is 0 Å². The van der Waals surface area contributed by atoms with E-state index >= 15 is 0 Å². The number of aliphatic hydroxyl groups excluding tert-OH is 1. The number of nitrogens with one attached hydrogen (secondary N) is 1. The second kappa shape index (κ2) is 10.8. The van der Waals surface area contributed by atoms with Crippen molar-refractivity contribution in [3.05, 3.63) is 65.7 Å². The third-order valence-electron chi connectivity index (χ3n) is 6.71. The zero-order chi connectivity index (χ0) is 23.2. The molecule has 2 N–H and O–H groups in total. The van der Waals surface area contributed by atoms with Crippen LogP contribution in [-0.4, -0.2) is 71.7 Å². The second-order valence-electron chi connectivity index (χ2n) is 8.95. The molecule has 2 atom stereocenters. The first-order valence-corrected chi connectivity index (χ1v) is 11.7. The summed E-state index contributed by atoms with van der Waals surface area (Å²) in [5.41, 5.74) is 2.00. The summed E-state index contributed by atoms with van der Waals surface area (Å²) >= 11 is 0. The first-order chi connectivity index (χ1) is 16.0. The minimum atomic E-state index is -0.504. The van der Waals surface area contributed by atoms with Gasteiger partial charge in [0.25, 0.3) is 0 Å². The molecular formula is C26H33N3O4. The number of hydrogen-bond donors (Lipinski definition) is 2. The van der Waals surface area contributed by atoms with Gasteiger partial charge in [-0.25, -0.2) is 0 Å². The van der Waals surface area contributed by atoms with E-state index in [0.29, 0.717) is 39.0 Å². The predicted octanol–water partition coefficient (Wildman–Crippen LogP) is 1.98. The van der Waals surface area contributed by atoms with Gasteiger partial charge in [-0.1, -0.05) is 42.5 Å². The van der Waals surface area contributed by atoms with Gasteiger partial charge in [0.1, 0.15) is 5.75 Å². The van der Waals surface area contributed by atoms with E-state index in [9.17, 15) is 14.7 Å². The lowest BCUT2D eigenvalue weighted by Gasteiger charge is -2.39. The van der Waals surface area contributed by atoms with Gasteiger partial charge in [0.2, 0.25) is 11.8 Å². The van der Waals surface area contributed by atoms with E-state index in [1.54, 1.807) is 7.11 Å². The molecule has 7 heteroatoms. The largest absolute Gasteiger partial charge is 0.497 e. The zero-order valence-corrected chi connectivity index (χ0v) is 19.2. The van der Waals surface area contributed by atoms with E-state index in [2.05, 4.69) is 10.2 Å². The topological polar surface area (TPSA) is 82.1 Å². The molecule has 33 heavy (non-hydrogen) atoms. The van der Waals surface area contributed by atoms with Crippen molar-refractivity contribution in [2.45, 2.75) is 50.4 Å². The fourth-order valence-corrected chi connectivity index (χ4v) is 4.92. The summed E-state index contributed by atoms with van der Waals surface area (Å²) in [6, 6.07) is 17.3. The van der Waals surface area contributed by atoms with E-state index in [0.717, 1.165) is 29.7 Å².